The second kappa shape index (κ2) is 12.2. The molecule has 7 nitrogen and oxygen atoms in total. The maximum atomic E-state index is 12.1. The van der Waals surface area contributed by atoms with Gasteiger partial charge < -0.3 is 19.6 Å². The molecule has 3 aromatic carbocycles. The van der Waals surface area contributed by atoms with Crippen LogP contribution in [-0.2, 0) is 35.6 Å². The molecule has 0 bridgehead atoms. The van der Waals surface area contributed by atoms with Gasteiger partial charge in [-0.1, -0.05) is 50.2 Å². The van der Waals surface area contributed by atoms with Crippen LogP contribution in [0.5, 0.6) is 5.75 Å². The van der Waals surface area contributed by atoms with Crippen molar-refractivity contribution in [2.24, 2.45) is 11.7 Å². The molecule has 0 amide bonds. The lowest BCUT2D eigenvalue weighted by molar-refractivity contribution is -0.142. The molecule has 0 aliphatic carbocycles. The normalized spacial score (nSPS) is 11.3. The number of aromatic nitrogens is 2. The molecular weight excluding hydrogens is 502 g/mol. The summed E-state index contributed by atoms with van der Waals surface area (Å²) in [6.45, 7) is 8.09. The molecule has 0 spiro atoms. The van der Waals surface area contributed by atoms with Crippen LogP contribution in [0.15, 0.2) is 83.7 Å². The van der Waals surface area contributed by atoms with Gasteiger partial charge in [0, 0.05) is 46.9 Å². The Labute approximate surface area is 234 Å². The van der Waals surface area contributed by atoms with Gasteiger partial charge in [0.05, 0.1) is 25.5 Å². The Balaban J connectivity index is 1.53. The smallest absolute Gasteiger partial charge is 0.310 e. The summed E-state index contributed by atoms with van der Waals surface area (Å²) in [5, 5.41) is 5.56. The summed E-state index contributed by atoms with van der Waals surface area (Å²) in [6.07, 6.45) is 5.86. The minimum Gasteiger partial charge on any atom is -0.488 e. The van der Waals surface area contributed by atoms with Gasteiger partial charge in [0.25, 0.3) is 0 Å². The first-order valence-electron chi connectivity index (χ1n) is 13.7. The molecule has 5 aromatic rings. The molecule has 2 aromatic heterocycles. The van der Waals surface area contributed by atoms with E-state index < -0.39 is 0 Å². The molecule has 0 fully saturated rings. The van der Waals surface area contributed by atoms with Gasteiger partial charge in [0.15, 0.2) is 0 Å². The number of hydrogen-bond acceptors (Lipinski definition) is 6. The average molecular weight is 538 g/mol. The van der Waals surface area contributed by atoms with Crippen LogP contribution in [0.2, 0.25) is 0 Å². The topological polar surface area (TPSA) is 92.5 Å². The number of rotatable bonds is 11. The quantitative estimate of drug-likeness (QED) is 0.187. The molecule has 0 aliphatic heterocycles. The van der Waals surface area contributed by atoms with Crippen molar-refractivity contribution in [3.8, 4) is 28.0 Å². The SMILES string of the molecule is CCOC(=O)Cc1ccccc1OCc1coc2c(-c3cnn(CC(C)C)c3)cc(-c3cccc(CN)c3)cc12. The molecule has 5 rings (SSSR count). The monoisotopic (exact) mass is 537 g/mol. The predicted octanol–water partition coefficient (Wildman–Crippen LogP) is 6.76. The van der Waals surface area contributed by atoms with Crippen molar-refractivity contribution >= 4 is 16.9 Å². The maximum absolute atomic E-state index is 12.1. The maximum Gasteiger partial charge on any atom is 0.310 e. The van der Waals surface area contributed by atoms with Crippen LogP contribution in [0.4, 0.5) is 0 Å². The largest absolute Gasteiger partial charge is 0.488 e. The molecule has 0 atom stereocenters. The Hall–Kier alpha value is -4.36. The lowest BCUT2D eigenvalue weighted by Crippen LogP contribution is -2.09. The lowest BCUT2D eigenvalue weighted by atomic mass is 9.96. The molecule has 2 N–H and O–H groups in total. The summed E-state index contributed by atoms with van der Waals surface area (Å²) in [4.78, 5) is 12.1. The highest BCUT2D eigenvalue weighted by Gasteiger charge is 2.18. The van der Waals surface area contributed by atoms with E-state index in [1.807, 2.05) is 47.3 Å². The zero-order chi connectivity index (χ0) is 28.1. The average Bonchev–Trinajstić information content (AvgIpc) is 3.59. The fourth-order valence-electron chi connectivity index (χ4n) is 4.85. The van der Waals surface area contributed by atoms with Gasteiger partial charge in [-0.25, -0.2) is 0 Å². The Kier molecular flexibility index (Phi) is 8.31. The number of benzene rings is 3. The van der Waals surface area contributed by atoms with Gasteiger partial charge in [-0.3, -0.25) is 9.48 Å². The summed E-state index contributed by atoms with van der Waals surface area (Å²) >= 11 is 0. The molecule has 40 heavy (non-hydrogen) atoms. The second-order valence-corrected chi connectivity index (χ2v) is 10.3. The zero-order valence-corrected chi connectivity index (χ0v) is 23.2. The first kappa shape index (κ1) is 27.2. The van der Waals surface area contributed by atoms with Crippen LogP contribution in [-0.4, -0.2) is 22.4 Å². The second-order valence-electron chi connectivity index (χ2n) is 10.3. The Bertz CT molecular complexity index is 1620. The molecule has 0 saturated carbocycles. The molecule has 0 radical (unpaired) electrons. The van der Waals surface area contributed by atoms with Gasteiger partial charge in [-0.05, 0) is 53.8 Å². The van der Waals surface area contributed by atoms with Crippen LogP contribution >= 0.6 is 0 Å². The third-order valence-electron chi connectivity index (χ3n) is 6.74. The van der Waals surface area contributed by atoms with Crippen molar-refractivity contribution in [1.82, 2.24) is 9.78 Å². The van der Waals surface area contributed by atoms with Crippen molar-refractivity contribution < 1.29 is 18.7 Å². The number of furan rings is 1. The Morgan fingerprint density at radius 2 is 1.88 bits per heavy atom. The molecule has 0 saturated heterocycles. The summed E-state index contributed by atoms with van der Waals surface area (Å²) in [5.74, 6) is 0.850. The number of carbonyl (C=O) groups is 1. The van der Waals surface area contributed by atoms with Crippen molar-refractivity contribution in [3.63, 3.8) is 0 Å². The number of nitrogens with zero attached hydrogens (tertiary/aromatic N) is 2. The van der Waals surface area contributed by atoms with E-state index in [-0.39, 0.29) is 19.0 Å². The number of para-hydroxylation sites is 1. The number of nitrogens with two attached hydrogens (primary N) is 1. The third kappa shape index (κ3) is 6.10. The summed E-state index contributed by atoms with van der Waals surface area (Å²) in [7, 11) is 0. The highest BCUT2D eigenvalue weighted by atomic mass is 16.5. The van der Waals surface area contributed by atoms with E-state index in [0.717, 1.165) is 56.5 Å². The van der Waals surface area contributed by atoms with E-state index in [1.54, 1.807) is 13.2 Å². The van der Waals surface area contributed by atoms with Crippen LogP contribution in [0.3, 0.4) is 0 Å². The molecule has 2 heterocycles. The van der Waals surface area contributed by atoms with Crippen molar-refractivity contribution in [1.29, 1.82) is 0 Å². The van der Waals surface area contributed by atoms with Gasteiger partial charge in [0.2, 0.25) is 0 Å². The molecule has 0 aliphatic rings. The number of hydrogen-bond donors (Lipinski definition) is 1. The Morgan fingerprint density at radius 3 is 2.67 bits per heavy atom. The predicted molar refractivity (Wildman–Crippen MR) is 157 cm³/mol. The van der Waals surface area contributed by atoms with E-state index in [2.05, 4.69) is 49.4 Å². The van der Waals surface area contributed by atoms with Crippen molar-refractivity contribution in [2.45, 2.75) is 46.9 Å². The minimum absolute atomic E-state index is 0.155. The van der Waals surface area contributed by atoms with E-state index in [9.17, 15) is 4.79 Å². The van der Waals surface area contributed by atoms with Gasteiger partial charge in [0.1, 0.15) is 17.9 Å². The van der Waals surface area contributed by atoms with E-state index in [1.165, 1.54) is 0 Å². The van der Waals surface area contributed by atoms with Gasteiger partial charge in [-0.2, -0.15) is 5.10 Å². The number of fused-ring (bicyclic) bond motifs is 1. The first-order valence-corrected chi connectivity index (χ1v) is 13.7. The molecule has 206 valence electrons. The Morgan fingerprint density at radius 1 is 1.02 bits per heavy atom. The van der Waals surface area contributed by atoms with Crippen LogP contribution in [0, 0.1) is 5.92 Å². The molecule has 0 unspecified atom stereocenters. The van der Waals surface area contributed by atoms with E-state index in [0.29, 0.717) is 24.8 Å². The summed E-state index contributed by atoms with van der Waals surface area (Å²) < 4.78 is 19.5. The van der Waals surface area contributed by atoms with Gasteiger partial charge >= 0.3 is 5.97 Å². The highest BCUT2D eigenvalue weighted by Crippen LogP contribution is 2.37. The minimum atomic E-state index is -0.278. The highest BCUT2D eigenvalue weighted by molar-refractivity contribution is 5.98. The fourth-order valence-corrected chi connectivity index (χ4v) is 4.85. The number of carbonyl (C=O) groups excluding carboxylic acids is 1. The number of ether oxygens (including phenoxy) is 2. The molecular formula is C33H35N3O4. The van der Waals surface area contributed by atoms with E-state index >= 15 is 0 Å². The third-order valence-corrected chi connectivity index (χ3v) is 6.74. The summed E-state index contributed by atoms with van der Waals surface area (Å²) in [5.41, 5.74) is 13.6. The van der Waals surface area contributed by atoms with Crippen LogP contribution < -0.4 is 10.5 Å². The van der Waals surface area contributed by atoms with Crippen LogP contribution in [0.1, 0.15) is 37.5 Å². The molecule has 7 heteroatoms. The van der Waals surface area contributed by atoms with E-state index in [4.69, 9.17) is 19.6 Å². The van der Waals surface area contributed by atoms with Crippen LogP contribution in [0.25, 0.3) is 33.2 Å². The van der Waals surface area contributed by atoms with Crippen molar-refractivity contribution in [3.05, 3.63) is 96.0 Å². The fraction of sp³-hybridized carbons (Fsp3) is 0.273. The van der Waals surface area contributed by atoms with Crippen molar-refractivity contribution in [2.75, 3.05) is 6.61 Å². The van der Waals surface area contributed by atoms with Gasteiger partial charge in [-0.15, -0.1) is 0 Å². The standard InChI is InChI=1S/C33H35N3O4/c1-4-38-32(37)15-25-9-5-6-11-31(25)39-20-28-21-40-33-29(27-17-35-36(19-27)18-22(2)3)13-26(14-30(28)33)24-10-7-8-23(12-24)16-34/h5-14,17,19,21-22H,4,15-16,18,20,34H2,1-3H3. The lowest BCUT2D eigenvalue weighted by Gasteiger charge is -2.11. The number of esters is 1. The summed E-state index contributed by atoms with van der Waals surface area (Å²) in [6, 6.07) is 20.1. The first-order chi connectivity index (χ1) is 19.4. The zero-order valence-electron chi connectivity index (χ0n) is 23.2.